The molecule has 0 radical (unpaired) electrons. The van der Waals surface area contributed by atoms with Gasteiger partial charge in [-0.2, -0.15) is 0 Å². The molecule has 0 spiro atoms. The van der Waals surface area contributed by atoms with E-state index >= 15 is 0 Å². The Bertz CT molecular complexity index is 531. The molecule has 0 saturated heterocycles. The number of hydrogen-bond acceptors (Lipinski definition) is 4. The normalized spacial score (nSPS) is 15.7. The van der Waals surface area contributed by atoms with Crippen molar-refractivity contribution in [1.29, 1.82) is 0 Å². The molecule has 0 fully saturated rings. The van der Waals surface area contributed by atoms with Gasteiger partial charge in [-0.25, -0.2) is 8.42 Å². The SMILES string of the molecule is CC(C)C(C)S(=O)(=O)C(C)C(=O)c1ccc(Cl)s1. The van der Waals surface area contributed by atoms with Gasteiger partial charge in [0, 0.05) is 0 Å². The van der Waals surface area contributed by atoms with Crippen LogP contribution in [0.4, 0.5) is 0 Å². The molecule has 0 bridgehead atoms. The molecule has 0 aliphatic rings. The van der Waals surface area contributed by atoms with Crippen LogP contribution >= 0.6 is 22.9 Å². The van der Waals surface area contributed by atoms with Gasteiger partial charge in [-0.05, 0) is 31.9 Å². The second-order valence-electron chi connectivity index (χ2n) is 4.65. The molecule has 2 unspecified atom stereocenters. The number of ketones is 1. The van der Waals surface area contributed by atoms with Crippen molar-refractivity contribution in [3.63, 3.8) is 0 Å². The smallest absolute Gasteiger partial charge is 0.190 e. The maximum atomic E-state index is 12.2. The fourth-order valence-electron chi connectivity index (χ4n) is 1.50. The molecular weight excluding hydrogens is 292 g/mol. The summed E-state index contributed by atoms with van der Waals surface area (Å²) < 4.78 is 25.0. The highest BCUT2D eigenvalue weighted by molar-refractivity contribution is 7.93. The molecule has 1 heterocycles. The van der Waals surface area contributed by atoms with Crippen LogP contribution in [0.25, 0.3) is 0 Å². The molecule has 3 nitrogen and oxygen atoms in total. The number of rotatable bonds is 5. The molecule has 6 heteroatoms. The van der Waals surface area contributed by atoms with Crippen molar-refractivity contribution in [2.45, 2.75) is 38.2 Å². The lowest BCUT2D eigenvalue weighted by atomic mass is 10.2. The van der Waals surface area contributed by atoms with Crippen LogP contribution in [-0.2, 0) is 9.84 Å². The monoisotopic (exact) mass is 308 g/mol. The predicted molar refractivity (Wildman–Crippen MR) is 76.3 cm³/mol. The zero-order valence-corrected chi connectivity index (χ0v) is 13.2. The van der Waals surface area contributed by atoms with E-state index in [-0.39, 0.29) is 11.7 Å². The van der Waals surface area contributed by atoms with Gasteiger partial charge in [0.05, 0.1) is 14.5 Å². The third-order valence-electron chi connectivity index (χ3n) is 3.14. The van der Waals surface area contributed by atoms with Crippen LogP contribution in [0.1, 0.15) is 37.4 Å². The summed E-state index contributed by atoms with van der Waals surface area (Å²) in [5.74, 6) is -0.392. The van der Waals surface area contributed by atoms with Crippen molar-refractivity contribution in [1.82, 2.24) is 0 Å². The van der Waals surface area contributed by atoms with Crippen molar-refractivity contribution < 1.29 is 13.2 Å². The fraction of sp³-hybridized carbons (Fsp3) is 0.583. The van der Waals surface area contributed by atoms with E-state index < -0.39 is 20.3 Å². The second-order valence-corrected chi connectivity index (χ2v) is 8.99. The largest absolute Gasteiger partial charge is 0.292 e. The highest BCUT2D eigenvalue weighted by Gasteiger charge is 2.35. The van der Waals surface area contributed by atoms with E-state index in [1.165, 1.54) is 6.92 Å². The average molecular weight is 309 g/mol. The van der Waals surface area contributed by atoms with E-state index in [2.05, 4.69) is 0 Å². The summed E-state index contributed by atoms with van der Waals surface area (Å²) >= 11 is 6.87. The third kappa shape index (κ3) is 3.13. The molecule has 0 aliphatic carbocycles. The third-order valence-corrected chi connectivity index (χ3v) is 7.16. The van der Waals surface area contributed by atoms with Crippen LogP contribution < -0.4 is 0 Å². The van der Waals surface area contributed by atoms with Gasteiger partial charge in [-0.15, -0.1) is 11.3 Å². The van der Waals surface area contributed by atoms with Gasteiger partial charge < -0.3 is 0 Å². The highest BCUT2D eigenvalue weighted by Crippen LogP contribution is 2.26. The first-order valence-corrected chi connectivity index (χ1v) is 8.50. The number of thiophene rings is 1. The summed E-state index contributed by atoms with van der Waals surface area (Å²) in [6, 6.07) is 3.17. The molecule has 0 aromatic carbocycles. The standard InChI is InChI=1S/C12H17ClO3S2/c1-7(2)8(3)18(15,16)9(4)12(14)10-5-6-11(13)17-10/h5-9H,1-4H3. The Morgan fingerprint density at radius 1 is 1.22 bits per heavy atom. The van der Waals surface area contributed by atoms with E-state index in [0.717, 1.165) is 11.3 Å². The van der Waals surface area contributed by atoms with Crippen molar-refractivity contribution in [2.75, 3.05) is 0 Å². The fourth-order valence-corrected chi connectivity index (χ4v) is 4.47. The van der Waals surface area contributed by atoms with E-state index in [0.29, 0.717) is 9.21 Å². The number of Topliss-reactive ketones (excluding diaryl/α,β-unsaturated/α-hetero) is 1. The Balaban J connectivity index is 3.01. The molecule has 0 N–H and O–H groups in total. The topological polar surface area (TPSA) is 51.2 Å². The highest BCUT2D eigenvalue weighted by atomic mass is 35.5. The van der Waals surface area contributed by atoms with Gasteiger partial charge in [0.25, 0.3) is 0 Å². The van der Waals surface area contributed by atoms with Crippen LogP contribution in [0.2, 0.25) is 4.34 Å². The quantitative estimate of drug-likeness (QED) is 0.783. The number of hydrogen-bond donors (Lipinski definition) is 0. The Hall–Kier alpha value is -0.390. The Morgan fingerprint density at radius 2 is 1.78 bits per heavy atom. The van der Waals surface area contributed by atoms with Crippen molar-refractivity contribution in [3.8, 4) is 0 Å². The van der Waals surface area contributed by atoms with E-state index in [1.54, 1.807) is 19.1 Å². The summed E-state index contributed by atoms with van der Waals surface area (Å²) in [5, 5.41) is -1.56. The van der Waals surface area contributed by atoms with E-state index in [4.69, 9.17) is 11.6 Å². The Labute approximate surface area is 117 Å². The average Bonchev–Trinajstić information content (AvgIpc) is 2.72. The van der Waals surface area contributed by atoms with Crippen LogP contribution in [0.3, 0.4) is 0 Å². The molecular formula is C12H17ClO3S2. The second kappa shape index (κ2) is 5.72. The Morgan fingerprint density at radius 3 is 2.17 bits per heavy atom. The molecule has 2 atom stereocenters. The van der Waals surface area contributed by atoms with Crippen LogP contribution in [-0.4, -0.2) is 24.7 Å². The molecule has 1 rings (SSSR count). The maximum absolute atomic E-state index is 12.2. The van der Waals surface area contributed by atoms with Gasteiger partial charge in [0.2, 0.25) is 0 Å². The van der Waals surface area contributed by atoms with Crippen molar-refractivity contribution in [2.24, 2.45) is 5.92 Å². The van der Waals surface area contributed by atoms with Gasteiger partial charge in [0.1, 0.15) is 5.25 Å². The molecule has 1 aromatic heterocycles. The molecule has 0 amide bonds. The van der Waals surface area contributed by atoms with Gasteiger partial charge in [-0.1, -0.05) is 25.4 Å². The number of halogens is 1. The first-order valence-electron chi connectivity index (χ1n) is 5.70. The van der Waals surface area contributed by atoms with Gasteiger partial charge in [-0.3, -0.25) is 4.79 Å². The first-order chi connectivity index (χ1) is 8.17. The number of sulfone groups is 1. The summed E-state index contributed by atoms with van der Waals surface area (Å²) in [5.41, 5.74) is 0. The number of carbonyl (C=O) groups excluding carboxylic acids is 1. The summed E-state index contributed by atoms with van der Waals surface area (Å²) in [6.45, 7) is 6.76. The van der Waals surface area contributed by atoms with Gasteiger partial charge >= 0.3 is 0 Å². The minimum Gasteiger partial charge on any atom is -0.292 e. The maximum Gasteiger partial charge on any atom is 0.190 e. The zero-order chi connectivity index (χ0) is 14.1. The van der Waals surface area contributed by atoms with Crippen molar-refractivity contribution >= 4 is 38.6 Å². The summed E-state index contributed by atoms with van der Waals surface area (Å²) in [6.07, 6.45) is 0. The molecule has 102 valence electrons. The molecule has 1 aromatic rings. The molecule has 0 aliphatic heterocycles. The molecule has 0 saturated carbocycles. The summed E-state index contributed by atoms with van der Waals surface area (Å²) in [7, 11) is -3.46. The summed E-state index contributed by atoms with van der Waals surface area (Å²) in [4.78, 5) is 12.5. The van der Waals surface area contributed by atoms with Crippen LogP contribution in [0.5, 0.6) is 0 Å². The Kier molecular flexibility index (Phi) is 4.98. The lowest BCUT2D eigenvalue weighted by Gasteiger charge is -2.20. The minimum atomic E-state index is -3.46. The van der Waals surface area contributed by atoms with Crippen LogP contribution in [0.15, 0.2) is 12.1 Å². The van der Waals surface area contributed by atoms with E-state index in [1.807, 2.05) is 13.8 Å². The predicted octanol–water partition coefficient (Wildman–Crippen LogP) is 3.43. The van der Waals surface area contributed by atoms with E-state index in [9.17, 15) is 13.2 Å². The van der Waals surface area contributed by atoms with Crippen LogP contribution in [0, 0.1) is 5.92 Å². The van der Waals surface area contributed by atoms with Crippen molar-refractivity contribution in [3.05, 3.63) is 21.3 Å². The first kappa shape index (κ1) is 15.7. The number of carbonyl (C=O) groups is 1. The molecule has 18 heavy (non-hydrogen) atoms. The zero-order valence-electron chi connectivity index (χ0n) is 10.8. The lowest BCUT2D eigenvalue weighted by molar-refractivity contribution is 0.0995. The lowest BCUT2D eigenvalue weighted by Crippen LogP contribution is -2.36. The van der Waals surface area contributed by atoms with Gasteiger partial charge in [0.15, 0.2) is 15.6 Å². The minimum absolute atomic E-state index is 0.0165.